The van der Waals surface area contributed by atoms with Gasteiger partial charge >= 0.3 is 0 Å². The number of piperazine rings is 1. The third kappa shape index (κ3) is 5.64. The third-order valence-electron chi connectivity index (χ3n) is 6.28. The normalized spacial score (nSPS) is 15.9. The highest BCUT2D eigenvalue weighted by atomic mass is 32.2. The number of nitrogens with one attached hydrogen (secondary N) is 1. The van der Waals surface area contributed by atoms with E-state index in [4.69, 9.17) is 0 Å². The predicted molar refractivity (Wildman–Crippen MR) is 133 cm³/mol. The lowest BCUT2D eigenvalue weighted by molar-refractivity contribution is 0.0989. The summed E-state index contributed by atoms with van der Waals surface area (Å²) >= 11 is 1.95. The Bertz CT molecular complexity index is 879. The van der Waals surface area contributed by atoms with Crippen molar-refractivity contribution in [3.63, 3.8) is 0 Å². The van der Waals surface area contributed by atoms with Gasteiger partial charge in [0.05, 0.1) is 0 Å². The molecule has 0 radical (unpaired) electrons. The van der Waals surface area contributed by atoms with Crippen molar-refractivity contribution in [2.45, 2.75) is 50.3 Å². The number of unbranched alkanes of at least 4 members (excludes halogenated alkanes) is 4. The summed E-state index contributed by atoms with van der Waals surface area (Å²) in [7, 11) is 0. The molecule has 2 aliphatic heterocycles. The molecular weight excluding hydrogens is 402 g/mol. The third-order valence-corrected chi connectivity index (χ3v) is 7.36. The van der Waals surface area contributed by atoms with Gasteiger partial charge in [-0.1, -0.05) is 38.7 Å². The quantitative estimate of drug-likeness (QED) is 0.423. The molecule has 0 bridgehead atoms. The molecule has 2 aromatic rings. The predicted octanol–water partition coefficient (Wildman–Crippen LogP) is 5.36. The fraction of sp³-hybridized carbons (Fsp3) is 0.500. The minimum atomic E-state index is 0.118. The largest absolute Gasteiger partial charge is 0.369 e. The molecule has 166 valence electrons. The number of rotatable bonds is 9. The standard InChI is InChI=1S/C26H35N3OS/c1-2-3-4-5-6-18-31-24-10-11-25-21(20-24)12-15-29(25)26(30)22-8-7-9-23(19-22)28-16-13-27-14-17-28/h7-11,19-20,27H,2-6,12-18H2,1H3. The van der Waals surface area contributed by atoms with Crippen LogP contribution in [-0.4, -0.2) is 44.4 Å². The van der Waals surface area contributed by atoms with E-state index in [2.05, 4.69) is 47.5 Å². The fourth-order valence-corrected chi connectivity index (χ4v) is 5.46. The summed E-state index contributed by atoms with van der Waals surface area (Å²) < 4.78 is 0. The Morgan fingerprint density at radius 1 is 1.00 bits per heavy atom. The van der Waals surface area contributed by atoms with Gasteiger partial charge in [0.1, 0.15) is 0 Å². The molecule has 0 aliphatic carbocycles. The maximum Gasteiger partial charge on any atom is 0.258 e. The zero-order chi connectivity index (χ0) is 21.5. The van der Waals surface area contributed by atoms with Crippen LogP contribution in [0.2, 0.25) is 0 Å². The van der Waals surface area contributed by atoms with Crippen LogP contribution in [0.25, 0.3) is 0 Å². The number of nitrogens with zero attached hydrogens (tertiary/aromatic N) is 2. The molecule has 0 unspecified atom stereocenters. The van der Waals surface area contributed by atoms with Crippen molar-refractivity contribution in [3.8, 4) is 0 Å². The molecule has 4 nitrogen and oxygen atoms in total. The Hall–Kier alpha value is -1.98. The molecule has 1 N–H and O–H groups in total. The van der Waals surface area contributed by atoms with Crippen molar-refractivity contribution in [2.24, 2.45) is 0 Å². The molecule has 0 saturated carbocycles. The van der Waals surface area contributed by atoms with Gasteiger partial charge in [-0.05, 0) is 60.6 Å². The van der Waals surface area contributed by atoms with Crippen LogP contribution in [0.4, 0.5) is 11.4 Å². The van der Waals surface area contributed by atoms with Gasteiger partial charge in [-0.15, -0.1) is 11.8 Å². The number of anilines is 2. The van der Waals surface area contributed by atoms with Gasteiger partial charge in [0.15, 0.2) is 0 Å². The van der Waals surface area contributed by atoms with Crippen molar-refractivity contribution in [3.05, 3.63) is 53.6 Å². The van der Waals surface area contributed by atoms with Gasteiger partial charge in [0.25, 0.3) is 5.91 Å². The molecule has 31 heavy (non-hydrogen) atoms. The molecule has 0 spiro atoms. The van der Waals surface area contributed by atoms with Crippen molar-refractivity contribution in [2.75, 3.05) is 48.3 Å². The lowest BCUT2D eigenvalue weighted by Crippen LogP contribution is -2.43. The van der Waals surface area contributed by atoms with E-state index in [9.17, 15) is 4.79 Å². The highest BCUT2D eigenvalue weighted by molar-refractivity contribution is 7.99. The van der Waals surface area contributed by atoms with Crippen molar-refractivity contribution in [1.29, 1.82) is 0 Å². The minimum Gasteiger partial charge on any atom is -0.369 e. The molecule has 1 fully saturated rings. The lowest BCUT2D eigenvalue weighted by atomic mass is 10.1. The summed E-state index contributed by atoms with van der Waals surface area (Å²) in [4.78, 5) is 19.0. The number of benzene rings is 2. The van der Waals surface area contributed by atoms with Gasteiger partial charge in [-0.25, -0.2) is 0 Å². The van der Waals surface area contributed by atoms with Gasteiger partial charge in [-0.2, -0.15) is 0 Å². The monoisotopic (exact) mass is 437 g/mol. The Kier molecular flexibility index (Phi) is 7.92. The zero-order valence-corrected chi connectivity index (χ0v) is 19.6. The van der Waals surface area contributed by atoms with E-state index in [1.54, 1.807) is 0 Å². The van der Waals surface area contributed by atoms with Crippen molar-refractivity contribution < 1.29 is 4.79 Å². The number of hydrogen-bond acceptors (Lipinski definition) is 4. The topological polar surface area (TPSA) is 35.6 Å². The minimum absolute atomic E-state index is 0.118. The maximum atomic E-state index is 13.3. The van der Waals surface area contributed by atoms with E-state index in [0.717, 1.165) is 56.1 Å². The summed E-state index contributed by atoms with van der Waals surface area (Å²) in [6.45, 7) is 7.01. The van der Waals surface area contributed by atoms with E-state index >= 15 is 0 Å². The average Bonchev–Trinajstić information content (AvgIpc) is 3.25. The molecule has 2 heterocycles. The number of carbonyl (C=O) groups excluding carboxylic acids is 1. The second-order valence-electron chi connectivity index (χ2n) is 8.55. The molecule has 2 aliphatic rings. The van der Waals surface area contributed by atoms with Crippen molar-refractivity contribution >= 4 is 29.0 Å². The first-order valence-corrected chi connectivity index (χ1v) is 12.9. The Balaban J connectivity index is 1.38. The smallest absolute Gasteiger partial charge is 0.258 e. The number of hydrogen-bond donors (Lipinski definition) is 1. The number of fused-ring (bicyclic) bond motifs is 1. The fourth-order valence-electron chi connectivity index (χ4n) is 4.49. The van der Waals surface area contributed by atoms with Crippen LogP contribution < -0.4 is 15.1 Å². The first-order chi connectivity index (χ1) is 15.3. The zero-order valence-electron chi connectivity index (χ0n) is 18.7. The van der Waals surface area contributed by atoms with Crippen molar-refractivity contribution in [1.82, 2.24) is 5.32 Å². The first-order valence-electron chi connectivity index (χ1n) is 11.9. The van der Waals surface area contributed by atoms with E-state index in [-0.39, 0.29) is 5.91 Å². The molecule has 4 rings (SSSR count). The van der Waals surface area contributed by atoms with E-state index in [0.29, 0.717) is 0 Å². The number of amides is 1. The Morgan fingerprint density at radius 2 is 1.84 bits per heavy atom. The molecular formula is C26H35N3OS. The Labute approximate surface area is 191 Å². The van der Waals surface area contributed by atoms with Gasteiger partial charge in [0.2, 0.25) is 0 Å². The lowest BCUT2D eigenvalue weighted by Gasteiger charge is -2.30. The molecule has 1 saturated heterocycles. The first kappa shape index (κ1) is 22.2. The van der Waals surface area contributed by atoms with Gasteiger partial charge in [0, 0.05) is 54.6 Å². The second-order valence-corrected chi connectivity index (χ2v) is 9.72. The van der Waals surface area contributed by atoms with Gasteiger partial charge in [-0.3, -0.25) is 4.79 Å². The van der Waals surface area contributed by atoms with Gasteiger partial charge < -0.3 is 15.1 Å². The van der Waals surface area contributed by atoms with E-state index in [1.807, 2.05) is 28.8 Å². The van der Waals surface area contributed by atoms with Crippen LogP contribution in [0.15, 0.2) is 47.4 Å². The van der Waals surface area contributed by atoms with Crippen LogP contribution in [0.5, 0.6) is 0 Å². The number of carbonyl (C=O) groups is 1. The van der Waals surface area contributed by atoms with Crippen LogP contribution in [0, 0.1) is 0 Å². The Morgan fingerprint density at radius 3 is 2.68 bits per heavy atom. The molecule has 1 amide bonds. The molecule has 0 aromatic heterocycles. The van der Waals surface area contributed by atoms with Crippen LogP contribution in [0.3, 0.4) is 0 Å². The van der Waals surface area contributed by atoms with Crippen LogP contribution in [-0.2, 0) is 6.42 Å². The summed E-state index contributed by atoms with van der Waals surface area (Å²) in [5.41, 5.74) is 4.33. The van der Waals surface area contributed by atoms with Crippen LogP contribution >= 0.6 is 11.8 Å². The molecule has 5 heteroatoms. The summed E-state index contributed by atoms with van der Waals surface area (Å²) in [5, 5.41) is 3.39. The number of thioether (sulfide) groups is 1. The maximum absolute atomic E-state index is 13.3. The SMILES string of the molecule is CCCCCCCSc1ccc2c(c1)CCN2C(=O)c1cccc(N2CCNCC2)c1. The highest BCUT2D eigenvalue weighted by Crippen LogP contribution is 2.33. The average molecular weight is 438 g/mol. The van der Waals surface area contributed by atoms with E-state index in [1.165, 1.54) is 48.3 Å². The summed E-state index contributed by atoms with van der Waals surface area (Å²) in [6, 6.07) is 14.8. The molecule has 2 aromatic carbocycles. The molecule has 0 atom stereocenters. The summed E-state index contributed by atoms with van der Waals surface area (Å²) in [6.07, 6.45) is 7.58. The summed E-state index contributed by atoms with van der Waals surface area (Å²) in [5.74, 6) is 1.30. The van der Waals surface area contributed by atoms with E-state index < -0.39 is 0 Å². The second kappa shape index (κ2) is 11.1. The highest BCUT2D eigenvalue weighted by Gasteiger charge is 2.26. The van der Waals surface area contributed by atoms with Crippen LogP contribution in [0.1, 0.15) is 54.9 Å².